The largest absolute Gasteiger partial charge is 0.416 e. The zero-order chi connectivity index (χ0) is 18.6. The van der Waals surface area contributed by atoms with Gasteiger partial charge in [-0.3, -0.25) is 4.79 Å². The maximum absolute atomic E-state index is 12.8. The molecule has 2 rings (SSSR count). The summed E-state index contributed by atoms with van der Waals surface area (Å²) in [5.74, 6) is -0.0293. The van der Waals surface area contributed by atoms with Crippen LogP contribution in [0.4, 0.5) is 13.2 Å². The number of carbonyl (C=O) groups is 1. The highest BCUT2D eigenvalue weighted by Crippen LogP contribution is 2.30. The molecular formula is C17H21F3N4O. The zero-order valence-corrected chi connectivity index (χ0v) is 14.0. The Morgan fingerprint density at radius 3 is 2.64 bits per heavy atom. The molecule has 25 heavy (non-hydrogen) atoms. The van der Waals surface area contributed by atoms with E-state index in [-0.39, 0.29) is 17.4 Å². The van der Waals surface area contributed by atoms with Crippen molar-refractivity contribution in [3.05, 3.63) is 47.8 Å². The fourth-order valence-electron chi connectivity index (χ4n) is 2.46. The lowest BCUT2D eigenvalue weighted by Crippen LogP contribution is -2.41. The monoisotopic (exact) mass is 354 g/mol. The number of nitrogens with zero attached hydrogens (tertiary/aromatic N) is 2. The van der Waals surface area contributed by atoms with Gasteiger partial charge in [-0.15, -0.1) is 0 Å². The first-order valence-corrected chi connectivity index (χ1v) is 7.95. The fourth-order valence-corrected chi connectivity index (χ4v) is 2.46. The molecule has 0 spiro atoms. The van der Waals surface area contributed by atoms with E-state index in [9.17, 15) is 18.0 Å². The smallest absolute Gasteiger partial charge is 0.347 e. The van der Waals surface area contributed by atoms with Crippen LogP contribution in [0.15, 0.2) is 36.5 Å². The molecular weight excluding hydrogens is 333 g/mol. The lowest BCUT2D eigenvalue weighted by atomic mass is 10.0. The molecule has 2 aromatic rings. The minimum Gasteiger partial charge on any atom is -0.347 e. The first-order chi connectivity index (χ1) is 11.7. The van der Waals surface area contributed by atoms with E-state index in [1.807, 2.05) is 13.8 Å². The number of aromatic nitrogens is 2. The van der Waals surface area contributed by atoms with Crippen LogP contribution in [-0.2, 0) is 6.18 Å². The molecule has 0 saturated carbocycles. The summed E-state index contributed by atoms with van der Waals surface area (Å²) in [6.45, 7) is 4.35. The number of nitrogens with one attached hydrogen (secondary N) is 1. The van der Waals surface area contributed by atoms with E-state index in [2.05, 4.69) is 10.4 Å². The number of amides is 1. The lowest BCUT2D eigenvalue weighted by Gasteiger charge is -2.18. The van der Waals surface area contributed by atoms with E-state index in [0.717, 1.165) is 18.6 Å². The molecule has 0 aliphatic carbocycles. The van der Waals surface area contributed by atoms with Crippen LogP contribution in [0.5, 0.6) is 0 Å². The van der Waals surface area contributed by atoms with Gasteiger partial charge in [0.2, 0.25) is 0 Å². The molecule has 0 saturated heterocycles. The molecule has 1 atom stereocenters. The van der Waals surface area contributed by atoms with Crippen LogP contribution in [0.3, 0.4) is 0 Å². The van der Waals surface area contributed by atoms with Gasteiger partial charge in [0.05, 0.1) is 11.3 Å². The SMILES string of the molecule is CC(C)CC(CN)NC(=O)c1ccn(-c2cccc(C(F)(F)F)c2)n1. The summed E-state index contributed by atoms with van der Waals surface area (Å²) >= 11 is 0. The number of rotatable bonds is 6. The number of hydrogen-bond acceptors (Lipinski definition) is 3. The molecule has 136 valence electrons. The second-order valence-corrected chi connectivity index (χ2v) is 6.23. The van der Waals surface area contributed by atoms with Crippen molar-refractivity contribution in [2.75, 3.05) is 6.54 Å². The average Bonchev–Trinajstić information content (AvgIpc) is 3.03. The Morgan fingerprint density at radius 1 is 1.32 bits per heavy atom. The number of halogens is 3. The Kier molecular flexibility index (Phi) is 5.84. The van der Waals surface area contributed by atoms with Gasteiger partial charge in [0.25, 0.3) is 5.91 Å². The standard InChI is InChI=1S/C17H21F3N4O/c1-11(2)8-13(10-21)22-16(25)15-6-7-24(23-15)14-5-3-4-12(9-14)17(18,19)20/h3-7,9,11,13H,8,10,21H2,1-2H3,(H,22,25). The number of benzene rings is 1. The van der Waals surface area contributed by atoms with Gasteiger partial charge in [-0.25, -0.2) is 4.68 Å². The molecule has 0 radical (unpaired) electrons. The number of hydrogen-bond donors (Lipinski definition) is 2. The van der Waals surface area contributed by atoms with Crippen molar-refractivity contribution in [3.63, 3.8) is 0 Å². The van der Waals surface area contributed by atoms with Crippen molar-refractivity contribution in [3.8, 4) is 5.69 Å². The third-order valence-corrected chi connectivity index (χ3v) is 3.64. The number of carbonyl (C=O) groups excluding carboxylic acids is 1. The first kappa shape index (κ1) is 19.0. The van der Waals surface area contributed by atoms with Crippen LogP contribution in [0.25, 0.3) is 5.69 Å². The molecule has 1 aromatic carbocycles. The Labute approximate surface area is 144 Å². The van der Waals surface area contributed by atoms with Gasteiger partial charge < -0.3 is 11.1 Å². The molecule has 1 aromatic heterocycles. The number of nitrogens with two attached hydrogens (primary N) is 1. The molecule has 0 bridgehead atoms. The van der Waals surface area contributed by atoms with Gasteiger partial charge >= 0.3 is 6.18 Å². The topological polar surface area (TPSA) is 72.9 Å². The van der Waals surface area contributed by atoms with Crippen molar-refractivity contribution >= 4 is 5.91 Å². The Hall–Kier alpha value is -2.35. The minimum atomic E-state index is -4.44. The van der Waals surface area contributed by atoms with E-state index >= 15 is 0 Å². The maximum atomic E-state index is 12.8. The second kappa shape index (κ2) is 7.69. The molecule has 8 heteroatoms. The fraction of sp³-hybridized carbons (Fsp3) is 0.412. The second-order valence-electron chi connectivity index (χ2n) is 6.23. The molecule has 1 heterocycles. The highest BCUT2D eigenvalue weighted by atomic mass is 19.4. The summed E-state index contributed by atoms with van der Waals surface area (Å²) in [4.78, 5) is 12.2. The summed E-state index contributed by atoms with van der Waals surface area (Å²) in [7, 11) is 0. The predicted molar refractivity (Wildman–Crippen MR) is 88.3 cm³/mol. The molecule has 0 fully saturated rings. The summed E-state index contributed by atoms with van der Waals surface area (Å²) in [5, 5.41) is 6.86. The van der Waals surface area contributed by atoms with E-state index < -0.39 is 17.6 Å². The first-order valence-electron chi connectivity index (χ1n) is 7.95. The highest BCUT2D eigenvalue weighted by molar-refractivity contribution is 5.92. The van der Waals surface area contributed by atoms with E-state index in [1.165, 1.54) is 29.1 Å². The van der Waals surface area contributed by atoms with Crippen molar-refractivity contribution in [1.29, 1.82) is 0 Å². The molecule has 0 aliphatic rings. The van der Waals surface area contributed by atoms with E-state index in [0.29, 0.717) is 12.5 Å². The molecule has 1 unspecified atom stereocenters. The van der Waals surface area contributed by atoms with Crippen LogP contribution in [0.2, 0.25) is 0 Å². The highest BCUT2D eigenvalue weighted by Gasteiger charge is 2.30. The van der Waals surface area contributed by atoms with Crippen molar-refractivity contribution in [2.45, 2.75) is 32.5 Å². The van der Waals surface area contributed by atoms with Crippen LogP contribution < -0.4 is 11.1 Å². The number of alkyl halides is 3. The van der Waals surface area contributed by atoms with Gasteiger partial charge in [0.1, 0.15) is 0 Å². The Bertz CT molecular complexity index is 725. The van der Waals surface area contributed by atoms with Crippen molar-refractivity contribution < 1.29 is 18.0 Å². The van der Waals surface area contributed by atoms with Gasteiger partial charge in [-0.05, 0) is 36.6 Å². The Balaban J connectivity index is 2.15. The third kappa shape index (κ3) is 5.06. The minimum absolute atomic E-state index is 0.125. The van der Waals surface area contributed by atoms with Crippen LogP contribution >= 0.6 is 0 Å². The predicted octanol–water partition coefficient (Wildman–Crippen LogP) is 2.99. The van der Waals surface area contributed by atoms with E-state index in [4.69, 9.17) is 5.73 Å². The molecule has 1 amide bonds. The zero-order valence-electron chi connectivity index (χ0n) is 14.0. The summed E-state index contributed by atoms with van der Waals surface area (Å²) < 4.78 is 39.6. The van der Waals surface area contributed by atoms with Crippen LogP contribution in [0, 0.1) is 5.92 Å². The Morgan fingerprint density at radius 2 is 2.04 bits per heavy atom. The van der Waals surface area contributed by atoms with Crippen molar-refractivity contribution in [1.82, 2.24) is 15.1 Å². The summed E-state index contributed by atoms with van der Waals surface area (Å²) in [5.41, 5.74) is 5.24. The van der Waals surface area contributed by atoms with Gasteiger partial charge in [-0.1, -0.05) is 19.9 Å². The molecule has 0 aliphatic heterocycles. The third-order valence-electron chi connectivity index (χ3n) is 3.64. The van der Waals surface area contributed by atoms with Crippen molar-refractivity contribution in [2.24, 2.45) is 11.7 Å². The average molecular weight is 354 g/mol. The summed E-state index contributed by atoms with van der Waals surface area (Å²) in [6, 6.07) is 6.04. The molecule has 5 nitrogen and oxygen atoms in total. The normalized spacial score (nSPS) is 13.1. The van der Waals surface area contributed by atoms with E-state index in [1.54, 1.807) is 0 Å². The van der Waals surface area contributed by atoms with Crippen LogP contribution in [0.1, 0.15) is 36.3 Å². The maximum Gasteiger partial charge on any atom is 0.416 e. The van der Waals surface area contributed by atoms with Gasteiger partial charge in [-0.2, -0.15) is 18.3 Å². The summed E-state index contributed by atoms with van der Waals surface area (Å²) in [6.07, 6.45) is -2.25. The lowest BCUT2D eigenvalue weighted by molar-refractivity contribution is -0.137. The van der Waals surface area contributed by atoms with Crippen LogP contribution in [-0.4, -0.2) is 28.3 Å². The molecule has 3 N–H and O–H groups in total. The quantitative estimate of drug-likeness (QED) is 0.838. The van der Waals surface area contributed by atoms with Gasteiger partial charge in [0, 0.05) is 18.8 Å². The van der Waals surface area contributed by atoms with Gasteiger partial charge in [0.15, 0.2) is 5.69 Å².